The fraction of sp³-hybridized carbons (Fsp3) is 0.364. The highest BCUT2D eigenvalue weighted by Gasteiger charge is 2.24. The molecule has 0 spiro atoms. The summed E-state index contributed by atoms with van der Waals surface area (Å²) in [6, 6.07) is 10.1. The first kappa shape index (κ1) is 10.4. The topological polar surface area (TPSA) is 27.3 Å². The molecule has 3 nitrogen and oxygen atoms in total. The SMILES string of the molecule is CCC[C@H]1NC(=S)N(c2ccccc2)N1. The molecule has 1 heterocycles. The van der Waals surface area contributed by atoms with E-state index in [1.54, 1.807) is 0 Å². The molecule has 1 aliphatic rings. The van der Waals surface area contributed by atoms with E-state index in [-0.39, 0.29) is 6.17 Å². The van der Waals surface area contributed by atoms with Gasteiger partial charge in [-0.3, -0.25) is 5.01 Å². The van der Waals surface area contributed by atoms with E-state index >= 15 is 0 Å². The van der Waals surface area contributed by atoms with Gasteiger partial charge in [-0.15, -0.1) is 0 Å². The summed E-state index contributed by atoms with van der Waals surface area (Å²) >= 11 is 5.27. The summed E-state index contributed by atoms with van der Waals surface area (Å²) in [7, 11) is 0. The van der Waals surface area contributed by atoms with Gasteiger partial charge in [-0.1, -0.05) is 31.5 Å². The number of nitrogens with one attached hydrogen (secondary N) is 2. The highest BCUT2D eigenvalue weighted by molar-refractivity contribution is 7.80. The van der Waals surface area contributed by atoms with Gasteiger partial charge in [0, 0.05) is 0 Å². The largest absolute Gasteiger partial charge is 0.344 e. The Morgan fingerprint density at radius 3 is 2.73 bits per heavy atom. The van der Waals surface area contributed by atoms with Gasteiger partial charge in [-0.05, 0) is 30.8 Å². The minimum absolute atomic E-state index is 0.266. The van der Waals surface area contributed by atoms with Gasteiger partial charge in [-0.2, -0.15) is 0 Å². The quantitative estimate of drug-likeness (QED) is 0.764. The third-order valence-corrected chi connectivity index (χ3v) is 2.68. The Kier molecular flexibility index (Phi) is 3.18. The third-order valence-electron chi connectivity index (χ3n) is 2.38. The van der Waals surface area contributed by atoms with Crippen LogP contribution < -0.4 is 15.8 Å². The molecule has 1 fully saturated rings. The Morgan fingerprint density at radius 2 is 2.07 bits per heavy atom. The second kappa shape index (κ2) is 4.59. The molecule has 1 atom stereocenters. The lowest BCUT2D eigenvalue weighted by atomic mass is 10.3. The van der Waals surface area contributed by atoms with Crippen molar-refractivity contribution in [3.8, 4) is 0 Å². The maximum Gasteiger partial charge on any atom is 0.189 e. The Bertz CT molecular complexity index is 339. The fourth-order valence-electron chi connectivity index (χ4n) is 1.65. The van der Waals surface area contributed by atoms with Crippen molar-refractivity contribution in [2.75, 3.05) is 5.01 Å². The molecule has 80 valence electrons. The Hall–Kier alpha value is -1.13. The zero-order valence-electron chi connectivity index (χ0n) is 8.73. The molecule has 2 rings (SSSR count). The highest BCUT2D eigenvalue weighted by atomic mass is 32.1. The van der Waals surface area contributed by atoms with E-state index < -0.39 is 0 Å². The summed E-state index contributed by atoms with van der Waals surface area (Å²) in [6.45, 7) is 2.16. The molecule has 0 unspecified atom stereocenters. The molecular weight excluding hydrogens is 206 g/mol. The summed E-state index contributed by atoms with van der Waals surface area (Å²) in [5.74, 6) is 0. The van der Waals surface area contributed by atoms with Crippen LogP contribution in [0.3, 0.4) is 0 Å². The average molecular weight is 221 g/mol. The minimum Gasteiger partial charge on any atom is -0.344 e. The normalized spacial score (nSPS) is 20.5. The van der Waals surface area contributed by atoms with Gasteiger partial charge in [0.1, 0.15) is 0 Å². The first-order chi connectivity index (χ1) is 7.31. The molecule has 0 aromatic heterocycles. The van der Waals surface area contributed by atoms with Crippen LogP contribution in [0.25, 0.3) is 0 Å². The number of anilines is 1. The molecule has 0 saturated carbocycles. The van der Waals surface area contributed by atoms with Crippen molar-refractivity contribution in [1.29, 1.82) is 0 Å². The van der Waals surface area contributed by atoms with E-state index in [9.17, 15) is 0 Å². The van der Waals surface area contributed by atoms with Gasteiger partial charge < -0.3 is 5.32 Å². The summed E-state index contributed by atoms with van der Waals surface area (Å²) in [4.78, 5) is 0. The molecule has 1 saturated heterocycles. The summed E-state index contributed by atoms with van der Waals surface area (Å²) < 4.78 is 0. The molecular formula is C11H15N3S. The van der Waals surface area contributed by atoms with E-state index in [4.69, 9.17) is 12.2 Å². The van der Waals surface area contributed by atoms with Crippen molar-refractivity contribution >= 4 is 23.0 Å². The lowest BCUT2D eigenvalue weighted by Crippen LogP contribution is -2.37. The molecule has 0 aliphatic carbocycles. The van der Waals surface area contributed by atoms with Crippen LogP contribution in [0, 0.1) is 0 Å². The second-order valence-electron chi connectivity index (χ2n) is 3.59. The molecule has 0 radical (unpaired) electrons. The summed E-state index contributed by atoms with van der Waals surface area (Å²) in [6.07, 6.45) is 2.47. The van der Waals surface area contributed by atoms with Crippen LogP contribution in [-0.4, -0.2) is 11.3 Å². The number of hydrogen-bond donors (Lipinski definition) is 2. The fourth-order valence-corrected chi connectivity index (χ4v) is 1.95. The third kappa shape index (κ3) is 2.27. The number of rotatable bonds is 3. The smallest absolute Gasteiger partial charge is 0.189 e. The predicted octanol–water partition coefficient (Wildman–Crippen LogP) is 2.01. The maximum atomic E-state index is 5.27. The monoisotopic (exact) mass is 221 g/mol. The molecule has 2 N–H and O–H groups in total. The van der Waals surface area contributed by atoms with Crippen LogP contribution >= 0.6 is 12.2 Å². The Balaban J connectivity index is 2.09. The number of hydrogen-bond acceptors (Lipinski definition) is 2. The number of thiocarbonyl (C=S) groups is 1. The van der Waals surface area contributed by atoms with Crippen LogP contribution in [0.4, 0.5) is 5.69 Å². The van der Waals surface area contributed by atoms with Crippen LogP contribution in [0.5, 0.6) is 0 Å². The number of para-hydroxylation sites is 1. The summed E-state index contributed by atoms with van der Waals surface area (Å²) in [5.41, 5.74) is 4.42. The van der Waals surface area contributed by atoms with Gasteiger partial charge in [0.15, 0.2) is 5.11 Å². The molecule has 4 heteroatoms. The molecule has 1 aliphatic heterocycles. The van der Waals surface area contributed by atoms with Crippen molar-refractivity contribution in [1.82, 2.24) is 10.7 Å². The van der Waals surface area contributed by atoms with Crippen molar-refractivity contribution in [3.05, 3.63) is 30.3 Å². The van der Waals surface area contributed by atoms with Crippen LogP contribution in [0.2, 0.25) is 0 Å². The molecule has 15 heavy (non-hydrogen) atoms. The molecule has 1 aromatic rings. The Labute approximate surface area is 95.4 Å². The first-order valence-electron chi connectivity index (χ1n) is 5.23. The van der Waals surface area contributed by atoms with E-state index in [2.05, 4.69) is 17.7 Å². The number of benzene rings is 1. The zero-order valence-corrected chi connectivity index (χ0v) is 9.55. The Morgan fingerprint density at radius 1 is 1.33 bits per heavy atom. The maximum absolute atomic E-state index is 5.27. The van der Waals surface area contributed by atoms with Crippen LogP contribution in [-0.2, 0) is 0 Å². The molecule has 0 amide bonds. The number of nitrogens with zero attached hydrogens (tertiary/aromatic N) is 1. The standard InChI is InChI=1S/C11H15N3S/c1-2-6-10-12-11(15)14(13-10)9-7-4-3-5-8-9/h3-5,7-8,10,13H,2,6H2,1H3,(H,12,15)/t10-/m0/s1. The van der Waals surface area contributed by atoms with E-state index in [0.717, 1.165) is 23.6 Å². The molecule has 1 aromatic carbocycles. The lowest BCUT2D eigenvalue weighted by Gasteiger charge is -2.17. The van der Waals surface area contributed by atoms with Gasteiger partial charge >= 0.3 is 0 Å². The van der Waals surface area contributed by atoms with Crippen molar-refractivity contribution in [2.45, 2.75) is 25.9 Å². The van der Waals surface area contributed by atoms with Crippen LogP contribution in [0.15, 0.2) is 30.3 Å². The van der Waals surface area contributed by atoms with E-state index in [0.29, 0.717) is 0 Å². The zero-order chi connectivity index (χ0) is 10.7. The molecule has 0 bridgehead atoms. The van der Waals surface area contributed by atoms with Crippen molar-refractivity contribution in [2.24, 2.45) is 0 Å². The van der Waals surface area contributed by atoms with E-state index in [1.807, 2.05) is 35.3 Å². The van der Waals surface area contributed by atoms with Gasteiger partial charge in [-0.25, -0.2) is 5.43 Å². The van der Waals surface area contributed by atoms with Gasteiger partial charge in [0.2, 0.25) is 0 Å². The van der Waals surface area contributed by atoms with Crippen LogP contribution in [0.1, 0.15) is 19.8 Å². The average Bonchev–Trinajstić information content (AvgIpc) is 2.61. The lowest BCUT2D eigenvalue weighted by molar-refractivity contribution is 0.508. The van der Waals surface area contributed by atoms with Gasteiger partial charge in [0.05, 0.1) is 11.9 Å². The van der Waals surface area contributed by atoms with Crippen molar-refractivity contribution in [3.63, 3.8) is 0 Å². The summed E-state index contributed by atoms with van der Waals surface area (Å²) in [5, 5.41) is 5.93. The number of hydrazine groups is 1. The van der Waals surface area contributed by atoms with E-state index in [1.165, 1.54) is 0 Å². The highest BCUT2D eigenvalue weighted by Crippen LogP contribution is 2.15. The van der Waals surface area contributed by atoms with Gasteiger partial charge in [0.25, 0.3) is 0 Å². The minimum atomic E-state index is 0.266. The van der Waals surface area contributed by atoms with Crippen molar-refractivity contribution < 1.29 is 0 Å². The first-order valence-corrected chi connectivity index (χ1v) is 5.64. The second-order valence-corrected chi connectivity index (χ2v) is 3.98. The predicted molar refractivity (Wildman–Crippen MR) is 66.5 cm³/mol.